The molecule has 3 fully saturated rings. The molecular formula is C10H11BrO2. The SMILES string of the molecule is O=C1C(=O)[C@H]2C(Br)[C@@H]1[C@H]1CCC[C@H]12. The Bertz CT molecular complexity index is 271. The molecule has 0 aromatic carbocycles. The minimum Gasteiger partial charge on any atom is -0.291 e. The Kier molecular flexibility index (Phi) is 1.53. The lowest BCUT2D eigenvalue weighted by atomic mass is 9.80. The van der Waals surface area contributed by atoms with E-state index in [1.165, 1.54) is 6.42 Å². The molecule has 0 saturated heterocycles. The van der Waals surface area contributed by atoms with Gasteiger partial charge in [0.05, 0.1) is 0 Å². The molecule has 1 unspecified atom stereocenters. The van der Waals surface area contributed by atoms with Gasteiger partial charge in [-0.2, -0.15) is 0 Å². The zero-order valence-electron chi connectivity index (χ0n) is 7.20. The van der Waals surface area contributed by atoms with E-state index in [0.717, 1.165) is 12.8 Å². The number of Topliss-reactive ketones (excluding diaryl/α,β-unsaturated/α-hetero) is 2. The Morgan fingerprint density at radius 2 is 1.46 bits per heavy atom. The van der Waals surface area contributed by atoms with Crippen LogP contribution in [-0.4, -0.2) is 16.4 Å². The van der Waals surface area contributed by atoms with Crippen molar-refractivity contribution in [1.29, 1.82) is 0 Å². The summed E-state index contributed by atoms with van der Waals surface area (Å²) in [4.78, 5) is 23.2. The Labute approximate surface area is 85.2 Å². The summed E-state index contributed by atoms with van der Waals surface area (Å²) in [5.74, 6) is 0.944. The topological polar surface area (TPSA) is 34.1 Å². The van der Waals surface area contributed by atoms with Crippen molar-refractivity contribution in [2.75, 3.05) is 0 Å². The predicted molar refractivity (Wildman–Crippen MR) is 50.5 cm³/mol. The first-order valence-corrected chi connectivity index (χ1v) is 5.85. The molecule has 5 atom stereocenters. The average Bonchev–Trinajstić information content (AvgIpc) is 2.66. The molecule has 0 heterocycles. The summed E-state index contributed by atoms with van der Waals surface area (Å²) >= 11 is 3.53. The minimum atomic E-state index is -0.0879. The van der Waals surface area contributed by atoms with E-state index in [-0.39, 0.29) is 28.2 Å². The van der Waals surface area contributed by atoms with Crippen LogP contribution in [0.1, 0.15) is 19.3 Å². The summed E-state index contributed by atoms with van der Waals surface area (Å²) < 4.78 is 0. The zero-order valence-corrected chi connectivity index (χ0v) is 8.79. The van der Waals surface area contributed by atoms with Crippen molar-refractivity contribution >= 4 is 27.5 Å². The lowest BCUT2D eigenvalue weighted by Gasteiger charge is -2.21. The molecule has 2 bridgehead atoms. The van der Waals surface area contributed by atoms with E-state index in [1.54, 1.807) is 0 Å². The van der Waals surface area contributed by atoms with Gasteiger partial charge in [0.1, 0.15) is 0 Å². The van der Waals surface area contributed by atoms with Gasteiger partial charge in [0, 0.05) is 16.7 Å². The average molecular weight is 243 g/mol. The van der Waals surface area contributed by atoms with Crippen LogP contribution in [0.3, 0.4) is 0 Å². The molecule has 3 rings (SSSR count). The Hall–Kier alpha value is -0.180. The highest BCUT2D eigenvalue weighted by atomic mass is 79.9. The Morgan fingerprint density at radius 3 is 1.92 bits per heavy atom. The lowest BCUT2D eigenvalue weighted by molar-refractivity contribution is -0.141. The quantitative estimate of drug-likeness (QED) is 0.478. The second-order valence-corrected chi connectivity index (χ2v) is 5.54. The third-order valence-electron chi connectivity index (χ3n) is 4.08. The summed E-state index contributed by atoms with van der Waals surface area (Å²) in [6, 6.07) is 0. The molecule has 2 nitrogen and oxygen atoms in total. The van der Waals surface area contributed by atoms with Crippen LogP contribution >= 0.6 is 15.9 Å². The highest BCUT2D eigenvalue weighted by Gasteiger charge is 2.63. The van der Waals surface area contributed by atoms with E-state index in [1.807, 2.05) is 0 Å². The number of alkyl halides is 1. The van der Waals surface area contributed by atoms with Crippen LogP contribution in [0.2, 0.25) is 0 Å². The Morgan fingerprint density at radius 1 is 1.00 bits per heavy atom. The van der Waals surface area contributed by atoms with E-state index < -0.39 is 0 Å². The van der Waals surface area contributed by atoms with Crippen molar-refractivity contribution in [2.24, 2.45) is 23.7 Å². The highest BCUT2D eigenvalue weighted by molar-refractivity contribution is 9.09. The second-order valence-electron chi connectivity index (χ2n) is 4.48. The number of hydrogen-bond acceptors (Lipinski definition) is 2. The number of ketones is 2. The molecule has 0 N–H and O–H groups in total. The summed E-state index contributed by atoms with van der Waals surface area (Å²) in [5.41, 5.74) is 0. The van der Waals surface area contributed by atoms with E-state index in [0.29, 0.717) is 11.8 Å². The van der Waals surface area contributed by atoms with Crippen LogP contribution in [-0.2, 0) is 9.59 Å². The largest absolute Gasteiger partial charge is 0.291 e. The van der Waals surface area contributed by atoms with Crippen LogP contribution in [0, 0.1) is 23.7 Å². The van der Waals surface area contributed by atoms with Crippen LogP contribution in [0.5, 0.6) is 0 Å². The van der Waals surface area contributed by atoms with Gasteiger partial charge in [-0.25, -0.2) is 0 Å². The summed E-state index contributed by atoms with van der Waals surface area (Å²) in [6.45, 7) is 0. The fraction of sp³-hybridized carbons (Fsp3) is 0.800. The number of halogens is 1. The maximum absolute atomic E-state index is 11.5. The summed E-state index contributed by atoms with van der Waals surface area (Å²) in [5, 5.41) is 0. The van der Waals surface area contributed by atoms with Crippen molar-refractivity contribution in [3.63, 3.8) is 0 Å². The molecule has 0 aromatic rings. The standard InChI is InChI=1S/C10H11BrO2/c11-8-6-4-2-1-3-5(4)7(8)10(13)9(6)12/h4-8H,1-3H2/t4-,5+,6-,7+,8?. The van der Waals surface area contributed by atoms with Crippen LogP contribution in [0.25, 0.3) is 0 Å². The zero-order chi connectivity index (χ0) is 9.16. The monoisotopic (exact) mass is 242 g/mol. The smallest absolute Gasteiger partial charge is 0.203 e. The van der Waals surface area contributed by atoms with Gasteiger partial charge in [0.2, 0.25) is 11.6 Å². The maximum Gasteiger partial charge on any atom is 0.203 e. The van der Waals surface area contributed by atoms with Crippen molar-refractivity contribution in [3.05, 3.63) is 0 Å². The molecule has 3 aliphatic carbocycles. The van der Waals surface area contributed by atoms with E-state index >= 15 is 0 Å². The maximum atomic E-state index is 11.5. The van der Waals surface area contributed by atoms with Crippen LogP contribution < -0.4 is 0 Å². The van der Waals surface area contributed by atoms with Gasteiger partial charge >= 0.3 is 0 Å². The number of rotatable bonds is 0. The van der Waals surface area contributed by atoms with Crippen molar-refractivity contribution in [3.8, 4) is 0 Å². The van der Waals surface area contributed by atoms with Gasteiger partial charge in [-0.15, -0.1) is 0 Å². The molecule has 3 saturated carbocycles. The minimum absolute atomic E-state index is 0.0324. The second kappa shape index (κ2) is 2.44. The normalized spacial score (nSPS) is 53.2. The van der Waals surface area contributed by atoms with Crippen LogP contribution in [0.4, 0.5) is 0 Å². The van der Waals surface area contributed by atoms with Crippen LogP contribution in [0.15, 0.2) is 0 Å². The fourth-order valence-electron chi connectivity index (χ4n) is 3.61. The third-order valence-corrected chi connectivity index (χ3v) is 5.22. The lowest BCUT2D eigenvalue weighted by Crippen LogP contribution is -2.32. The number of carbonyl (C=O) groups is 2. The van der Waals surface area contributed by atoms with E-state index in [4.69, 9.17) is 0 Å². The Balaban J connectivity index is 2.06. The van der Waals surface area contributed by atoms with E-state index in [9.17, 15) is 9.59 Å². The highest BCUT2D eigenvalue weighted by Crippen LogP contribution is 2.58. The molecule has 70 valence electrons. The van der Waals surface area contributed by atoms with E-state index in [2.05, 4.69) is 15.9 Å². The molecule has 0 spiro atoms. The fourth-order valence-corrected chi connectivity index (χ4v) is 4.88. The van der Waals surface area contributed by atoms with Gasteiger partial charge in [0.15, 0.2) is 0 Å². The van der Waals surface area contributed by atoms with Gasteiger partial charge in [-0.1, -0.05) is 22.4 Å². The van der Waals surface area contributed by atoms with Gasteiger partial charge in [-0.3, -0.25) is 9.59 Å². The number of fused-ring (bicyclic) bond motifs is 5. The molecule has 0 amide bonds. The molecule has 0 radical (unpaired) electrons. The summed E-state index contributed by atoms with van der Waals surface area (Å²) in [6.07, 6.45) is 3.53. The molecule has 3 aliphatic rings. The molecule has 0 aromatic heterocycles. The van der Waals surface area contributed by atoms with Crippen molar-refractivity contribution in [2.45, 2.75) is 24.1 Å². The third kappa shape index (κ3) is 0.797. The van der Waals surface area contributed by atoms with Gasteiger partial charge in [0.25, 0.3) is 0 Å². The molecule has 3 heteroatoms. The predicted octanol–water partition coefficient (Wildman–Crippen LogP) is 1.56. The first kappa shape index (κ1) is 8.16. The van der Waals surface area contributed by atoms with Gasteiger partial charge in [-0.05, 0) is 24.7 Å². The number of hydrogen-bond donors (Lipinski definition) is 0. The molecule has 13 heavy (non-hydrogen) atoms. The van der Waals surface area contributed by atoms with Gasteiger partial charge < -0.3 is 0 Å². The van der Waals surface area contributed by atoms with Crippen molar-refractivity contribution in [1.82, 2.24) is 0 Å². The molecule has 0 aliphatic heterocycles. The number of carbonyl (C=O) groups excluding carboxylic acids is 2. The first-order chi connectivity index (χ1) is 6.22. The molecular weight excluding hydrogens is 232 g/mol. The summed E-state index contributed by atoms with van der Waals surface area (Å²) in [7, 11) is 0. The van der Waals surface area contributed by atoms with Crippen molar-refractivity contribution < 1.29 is 9.59 Å². The first-order valence-electron chi connectivity index (χ1n) is 4.94.